The lowest BCUT2D eigenvalue weighted by molar-refractivity contribution is 0.563. The van der Waals surface area contributed by atoms with Crippen LogP contribution in [0.3, 0.4) is 0 Å². The second-order valence-corrected chi connectivity index (χ2v) is 6.75. The number of hydrogen-bond acceptors (Lipinski definition) is 2. The molecule has 0 fully saturated rings. The number of aromatic nitrogens is 2. The molecule has 19 heavy (non-hydrogen) atoms. The van der Waals surface area contributed by atoms with Crippen molar-refractivity contribution in [3.8, 4) is 0 Å². The monoisotopic (exact) mass is 338 g/mol. The molecule has 2 nitrogen and oxygen atoms in total. The zero-order valence-corrected chi connectivity index (χ0v) is 13.6. The van der Waals surface area contributed by atoms with Gasteiger partial charge in [0.15, 0.2) is 0 Å². The largest absolute Gasteiger partial charge is 0.237 e. The van der Waals surface area contributed by atoms with Crippen LogP contribution in [0.15, 0.2) is 34.8 Å². The molecule has 4 heteroatoms. The predicted octanol–water partition coefficient (Wildman–Crippen LogP) is 4.78. The molecule has 0 saturated carbocycles. The molecule has 0 aliphatic rings. The van der Waals surface area contributed by atoms with Crippen LogP contribution >= 0.6 is 27.5 Å². The van der Waals surface area contributed by atoms with Crippen molar-refractivity contribution < 1.29 is 0 Å². The second-order valence-electron chi connectivity index (χ2n) is 5.51. The van der Waals surface area contributed by atoms with Gasteiger partial charge in [0.2, 0.25) is 0 Å². The molecular weight excluding hydrogens is 324 g/mol. The molecule has 1 aromatic carbocycles. The quantitative estimate of drug-likeness (QED) is 0.736. The zero-order chi connectivity index (χ0) is 14.0. The average molecular weight is 340 g/mol. The third-order valence-corrected chi connectivity index (χ3v) is 3.78. The molecule has 0 radical (unpaired) electrons. The smallest absolute Gasteiger partial charge is 0.134 e. The number of hydrogen-bond donors (Lipinski definition) is 0. The minimum atomic E-state index is -0.0325. The van der Waals surface area contributed by atoms with E-state index < -0.39 is 0 Å². The standard InChI is InChI=1S/C15H16BrClN2/c1-15(2,3)12-9-13(17)19-14(18-12)8-10-6-4-5-7-11(10)16/h4-7,9H,8H2,1-3H3. The maximum atomic E-state index is 6.10. The Morgan fingerprint density at radius 2 is 1.84 bits per heavy atom. The van der Waals surface area contributed by atoms with Gasteiger partial charge in [-0.15, -0.1) is 0 Å². The number of halogens is 2. The lowest BCUT2D eigenvalue weighted by Crippen LogP contribution is -2.15. The highest BCUT2D eigenvalue weighted by Gasteiger charge is 2.17. The fraction of sp³-hybridized carbons (Fsp3) is 0.333. The summed E-state index contributed by atoms with van der Waals surface area (Å²) in [5.41, 5.74) is 2.09. The van der Waals surface area contributed by atoms with Gasteiger partial charge in [0.05, 0.1) is 5.69 Å². The summed E-state index contributed by atoms with van der Waals surface area (Å²) in [6, 6.07) is 9.92. The highest BCUT2D eigenvalue weighted by atomic mass is 79.9. The van der Waals surface area contributed by atoms with Gasteiger partial charge in [0.25, 0.3) is 0 Å². The first-order valence-electron chi connectivity index (χ1n) is 6.13. The van der Waals surface area contributed by atoms with Crippen LogP contribution in [0.4, 0.5) is 0 Å². The molecule has 0 saturated heterocycles. The van der Waals surface area contributed by atoms with Crippen molar-refractivity contribution in [3.63, 3.8) is 0 Å². The molecule has 0 atom stereocenters. The maximum absolute atomic E-state index is 6.10. The van der Waals surface area contributed by atoms with E-state index >= 15 is 0 Å². The lowest BCUT2D eigenvalue weighted by atomic mass is 9.92. The number of rotatable bonds is 2. The Morgan fingerprint density at radius 3 is 2.47 bits per heavy atom. The summed E-state index contributed by atoms with van der Waals surface area (Å²) < 4.78 is 1.07. The summed E-state index contributed by atoms with van der Waals surface area (Å²) in [6.45, 7) is 6.36. The van der Waals surface area contributed by atoms with Gasteiger partial charge in [-0.3, -0.25) is 0 Å². The molecule has 100 valence electrons. The summed E-state index contributed by atoms with van der Waals surface area (Å²) in [7, 11) is 0. The van der Waals surface area contributed by atoms with Gasteiger partial charge in [0, 0.05) is 16.3 Å². The van der Waals surface area contributed by atoms with E-state index in [0.717, 1.165) is 21.6 Å². The fourth-order valence-corrected chi connectivity index (χ4v) is 2.37. The van der Waals surface area contributed by atoms with E-state index in [2.05, 4.69) is 52.7 Å². The Hall–Kier alpha value is -0.930. The molecule has 0 N–H and O–H groups in total. The number of benzene rings is 1. The molecule has 2 rings (SSSR count). The van der Waals surface area contributed by atoms with Crippen LogP contribution in [-0.4, -0.2) is 9.97 Å². The van der Waals surface area contributed by atoms with Crippen LogP contribution < -0.4 is 0 Å². The van der Waals surface area contributed by atoms with E-state index in [1.165, 1.54) is 0 Å². The molecule has 0 bridgehead atoms. The van der Waals surface area contributed by atoms with E-state index in [4.69, 9.17) is 11.6 Å². The minimum Gasteiger partial charge on any atom is -0.237 e. The van der Waals surface area contributed by atoms with Crippen LogP contribution in [0.1, 0.15) is 37.9 Å². The van der Waals surface area contributed by atoms with Crippen molar-refractivity contribution in [2.75, 3.05) is 0 Å². The van der Waals surface area contributed by atoms with Crippen molar-refractivity contribution in [2.24, 2.45) is 0 Å². The van der Waals surface area contributed by atoms with Gasteiger partial charge in [-0.05, 0) is 17.7 Å². The molecule has 1 aromatic heterocycles. The molecule has 2 aromatic rings. The van der Waals surface area contributed by atoms with Gasteiger partial charge >= 0.3 is 0 Å². The van der Waals surface area contributed by atoms with Crippen LogP contribution in [0, 0.1) is 0 Å². The van der Waals surface area contributed by atoms with Gasteiger partial charge in [0.1, 0.15) is 11.0 Å². The lowest BCUT2D eigenvalue weighted by Gasteiger charge is -2.18. The Balaban J connectivity index is 2.36. The van der Waals surface area contributed by atoms with Crippen LogP contribution in [-0.2, 0) is 11.8 Å². The highest BCUT2D eigenvalue weighted by molar-refractivity contribution is 9.10. The molecule has 0 amide bonds. The van der Waals surface area contributed by atoms with Gasteiger partial charge < -0.3 is 0 Å². The van der Waals surface area contributed by atoms with Crippen LogP contribution in [0.2, 0.25) is 5.15 Å². The third kappa shape index (κ3) is 3.77. The Kier molecular flexibility index (Phi) is 4.26. The van der Waals surface area contributed by atoms with E-state index in [1.54, 1.807) is 0 Å². The summed E-state index contributed by atoms with van der Waals surface area (Å²) in [4.78, 5) is 8.94. The first-order chi connectivity index (χ1) is 8.86. The van der Waals surface area contributed by atoms with Crippen molar-refractivity contribution >= 4 is 27.5 Å². The second kappa shape index (κ2) is 5.59. The van der Waals surface area contributed by atoms with Crippen molar-refractivity contribution in [3.05, 3.63) is 57.0 Å². The van der Waals surface area contributed by atoms with Crippen LogP contribution in [0.5, 0.6) is 0 Å². The molecule has 1 heterocycles. The highest BCUT2D eigenvalue weighted by Crippen LogP contribution is 2.24. The summed E-state index contributed by atoms with van der Waals surface area (Å²) >= 11 is 9.64. The summed E-state index contributed by atoms with van der Waals surface area (Å²) in [5.74, 6) is 0.754. The Bertz CT molecular complexity index is 591. The zero-order valence-electron chi connectivity index (χ0n) is 11.2. The van der Waals surface area contributed by atoms with E-state index in [1.807, 2.05) is 24.3 Å². The van der Waals surface area contributed by atoms with Crippen molar-refractivity contribution in [1.29, 1.82) is 0 Å². The summed E-state index contributed by atoms with van der Waals surface area (Å²) in [6.07, 6.45) is 0.672. The fourth-order valence-electron chi connectivity index (χ4n) is 1.74. The topological polar surface area (TPSA) is 25.8 Å². The van der Waals surface area contributed by atoms with Gasteiger partial charge in [-0.1, -0.05) is 66.5 Å². The van der Waals surface area contributed by atoms with Crippen LogP contribution in [0.25, 0.3) is 0 Å². The third-order valence-electron chi connectivity index (χ3n) is 2.82. The number of nitrogens with zero attached hydrogens (tertiary/aromatic N) is 2. The predicted molar refractivity (Wildman–Crippen MR) is 82.7 cm³/mol. The average Bonchev–Trinajstić information content (AvgIpc) is 2.30. The molecule has 0 aliphatic carbocycles. The molecule has 0 unspecified atom stereocenters. The maximum Gasteiger partial charge on any atom is 0.134 e. The van der Waals surface area contributed by atoms with Crippen molar-refractivity contribution in [2.45, 2.75) is 32.6 Å². The van der Waals surface area contributed by atoms with Gasteiger partial charge in [-0.2, -0.15) is 0 Å². The SMILES string of the molecule is CC(C)(C)c1cc(Cl)nc(Cc2ccccc2Br)n1. The first kappa shape index (κ1) is 14.5. The Labute approximate surface area is 127 Å². The molecule has 0 spiro atoms. The minimum absolute atomic E-state index is 0.0325. The van der Waals surface area contributed by atoms with E-state index in [0.29, 0.717) is 11.6 Å². The Morgan fingerprint density at radius 1 is 1.16 bits per heavy atom. The van der Waals surface area contributed by atoms with Crippen molar-refractivity contribution in [1.82, 2.24) is 9.97 Å². The van der Waals surface area contributed by atoms with E-state index in [9.17, 15) is 0 Å². The molecular formula is C15H16BrClN2. The molecule has 0 aliphatic heterocycles. The summed E-state index contributed by atoms with van der Waals surface area (Å²) in [5, 5.41) is 0.502. The first-order valence-corrected chi connectivity index (χ1v) is 7.31. The normalized spacial score (nSPS) is 11.6. The van der Waals surface area contributed by atoms with Gasteiger partial charge in [-0.25, -0.2) is 9.97 Å². The van der Waals surface area contributed by atoms with E-state index in [-0.39, 0.29) is 5.41 Å².